The third-order valence-corrected chi connectivity index (χ3v) is 7.62. The minimum absolute atomic E-state index is 0.372. The topological polar surface area (TPSA) is 6.48 Å². The van der Waals surface area contributed by atoms with E-state index in [0.717, 1.165) is 23.5 Å². The summed E-state index contributed by atoms with van der Waals surface area (Å²) >= 11 is 0. The van der Waals surface area contributed by atoms with Gasteiger partial charge in [-0.05, 0) is 97.6 Å². The largest absolute Gasteiger partial charge is 0.327 e. The summed E-state index contributed by atoms with van der Waals surface area (Å²) in [7, 11) is 0. The Bertz CT molecular complexity index is 1630. The smallest absolute Gasteiger partial charge is 0.0923 e. The molecule has 40 heavy (non-hydrogen) atoms. The first-order valence-electron chi connectivity index (χ1n) is 13.9. The third-order valence-electron chi connectivity index (χ3n) is 7.62. The van der Waals surface area contributed by atoms with Crippen LogP contribution < -0.4 is 9.80 Å². The van der Waals surface area contributed by atoms with E-state index >= 15 is 0 Å². The summed E-state index contributed by atoms with van der Waals surface area (Å²) in [5.41, 5.74) is 9.14. The van der Waals surface area contributed by atoms with Crippen LogP contribution in [0.25, 0.3) is 0 Å². The summed E-state index contributed by atoms with van der Waals surface area (Å²) < 4.78 is 0. The van der Waals surface area contributed by atoms with E-state index in [0.29, 0.717) is 0 Å². The fourth-order valence-electron chi connectivity index (χ4n) is 5.76. The summed E-state index contributed by atoms with van der Waals surface area (Å²) in [4.78, 5) is 4.82. The highest BCUT2D eigenvalue weighted by Crippen LogP contribution is 2.45. The Morgan fingerprint density at radius 2 is 1.05 bits per heavy atom. The zero-order valence-electron chi connectivity index (χ0n) is 23.1. The van der Waals surface area contributed by atoms with Gasteiger partial charge in [0, 0.05) is 28.4 Å². The van der Waals surface area contributed by atoms with E-state index in [1.165, 1.54) is 28.1 Å². The SMILES string of the molecule is Cc1cccc(N(c2ccccc2)c2ccc(C3(N(c4ccccc4)c4cccc(C)c4)C=CC=CC3)cc2)c1. The van der Waals surface area contributed by atoms with Crippen molar-refractivity contribution in [1.82, 2.24) is 0 Å². The van der Waals surface area contributed by atoms with Crippen LogP contribution in [0.3, 0.4) is 0 Å². The average molecular weight is 519 g/mol. The van der Waals surface area contributed by atoms with E-state index in [9.17, 15) is 0 Å². The molecule has 2 nitrogen and oxygen atoms in total. The Hall–Kier alpha value is -4.82. The Labute approximate surface area is 238 Å². The van der Waals surface area contributed by atoms with Gasteiger partial charge >= 0.3 is 0 Å². The molecule has 0 bridgehead atoms. The molecular formula is C38H34N2. The van der Waals surface area contributed by atoms with Crippen molar-refractivity contribution in [3.8, 4) is 0 Å². The number of para-hydroxylation sites is 2. The van der Waals surface area contributed by atoms with Crippen LogP contribution in [0.2, 0.25) is 0 Å². The van der Waals surface area contributed by atoms with Crippen LogP contribution in [-0.2, 0) is 5.54 Å². The van der Waals surface area contributed by atoms with Crippen LogP contribution in [0.15, 0.2) is 158 Å². The molecule has 0 saturated heterocycles. The van der Waals surface area contributed by atoms with Crippen LogP contribution >= 0.6 is 0 Å². The van der Waals surface area contributed by atoms with Crippen LogP contribution in [0, 0.1) is 13.8 Å². The van der Waals surface area contributed by atoms with Gasteiger partial charge in [0.15, 0.2) is 0 Å². The summed E-state index contributed by atoms with van der Waals surface area (Å²) in [5, 5.41) is 0. The van der Waals surface area contributed by atoms with Crippen molar-refractivity contribution in [3.05, 3.63) is 174 Å². The first-order valence-corrected chi connectivity index (χ1v) is 13.9. The fraction of sp³-hybridized carbons (Fsp3) is 0.105. The molecule has 0 amide bonds. The number of aryl methyl sites for hydroxylation is 2. The molecule has 1 aliphatic rings. The molecule has 0 saturated carbocycles. The zero-order chi connectivity index (χ0) is 27.4. The number of hydrogen-bond acceptors (Lipinski definition) is 2. The zero-order valence-corrected chi connectivity index (χ0v) is 23.1. The predicted molar refractivity (Wildman–Crippen MR) is 170 cm³/mol. The maximum absolute atomic E-state index is 2.49. The van der Waals surface area contributed by atoms with Crippen molar-refractivity contribution in [2.45, 2.75) is 25.8 Å². The molecular weight excluding hydrogens is 484 g/mol. The highest BCUT2D eigenvalue weighted by atomic mass is 15.2. The lowest BCUT2D eigenvalue weighted by atomic mass is 9.81. The first kappa shape index (κ1) is 25.5. The second-order valence-electron chi connectivity index (χ2n) is 10.5. The lowest BCUT2D eigenvalue weighted by molar-refractivity contribution is 0.547. The van der Waals surface area contributed by atoms with E-state index in [-0.39, 0.29) is 5.54 Å². The number of hydrogen-bond donors (Lipinski definition) is 0. The molecule has 1 atom stereocenters. The second kappa shape index (κ2) is 11.1. The number of anilines is 5. The van der Waals surface area contributed by atoms with Gasteiger partial charge < -0.3 is 9.80 Å². The molecule has 1 unspecified atom stereocenters. The van der Waals surface area contributed by atoms with Crippen LogP contribution in [0.1, 0.15) is 23.1 Å². The molecule has 5 aromatic carbocycles. The Morgan fingerprint density at radius 3 is 1.65 bits per heavy atom. The van der Waals surface area contributed by atoms with Crippen molar-refractivity contribution < 1.29 is 0 Å². The minimum Gasteiger partial charge on any atom is -0.327 e. The molecule has 0 fully saturated rings. The van der Waals surface area contributed by atoms with Gasteiger partial charge in [0.1, 0.15) is 0 Å². The number of rotatable bonds is 7. The van der Waals surface area contributed by atoms with Crippen LogP contribution in [-0.4, -0.2) is 0 Å². The fourth-order valence-corrected chi connectivity index (χ4v) is 5.76. The summed E-state index contributed by atoms with van der Waals surface area (Å²) in [5.74, 6) is 0. The normalized spacial score (nSPS) is 16.1. The molecule has 5 aromatic rings. The van der Waals surface area contributed by atoms with E-state index in [1.54, 1.807) is 0 Å². The highest BCUT2D eigenvalue weighted by molar-refractivity contribution is 5.77. The number of benzene rings is 5. The monoisotopic (exact) mass is 518 g/mol. The van der Waals surface area contributed by atoms with Gasteiger partial charge in [0.05, 0.1) is 5.54 Å². The summed E-state index contributed by atoms with van der Waals surface area (Å²) in [6, 6.07) is 48.0. The van der Waals surface area contributed by atoms with Gasteiger partial charge in [0.25, 0.3) is 0 Å². The molecule has 2 heteroatoms. The van der Waals surface area contributed by atoms with Gasteiger partial charge in [0.2, 0.25) is 0 Å². The van der Waals surface area contributed by atoms with Gasteiger partial charge in [-0.3, -0.25) is 0 Å². The van der Waals surface area contributed by atoms with Crippen molar-refractivity contribution in [1.29, 1.82) is 0 Å². The van der Waals surface area contributed by atoms with E-state index < -0.39 is 0 Å². The van der Waals surface area contributed by atoms with Gasteiger partial charge in [-0.2, -0.15) is 0 Å². The van der Waals surface area contributed by atoms with E-state index in [2.05, 4.69) is 181 Å². The second-order valence-corrected chi connectivity index (χ2v) is 10.5. The quantitative estimate of drug-likeness (QED) is 0.211. The standard InChI is InChI=1S/C38H34N2/c1-30-14-12-20-36(28-30)39(33-16-6-3-7-17-33)34-24-22-32(23-25-34)38(26-10-5-11-27-38)40(35-18-8-4-9-19-35)37-21-13-15-31(2)29-37/h3-26,28-29H,27H2,1-2H3. The number of nitrogens with zero attached hydrogens (tertiary/aromatic N) is 2. The van der Waals surface area contributed by atoms with Crippen molar-refractivity contribution in [2.24, 2.45) is 0 Å². The van der Waals surface area contributed by atoms with E-state index in [1.807, 2.05) is 0 Å². The molecule has 0 N–H and O–H groups in total. The molecule has 6 rings (SSSR count). The molecule has 0 heterocycles. The Kier molecular flexibility index (Phi) is 7.08. The van der Waals surface area contributed by atoms with Gasteiger partial charge in [-0.15, -0.1) is 0 Å². The average Bonchev–Trinajstić information content (AvgIpc) is 3.00. The lowest BCUT2D eigenvalue weighted by Gasteiger charge is -2.45. The van der Waals surface area contributed by atoms with Crippen LogP contribution in [0.5, 0.6) is 0 Å². The number of allylic oxidation sites excluding steroid dienone is 2. The molecule has 0 aliphatic heterocycles. The van der Waals surface area contributed by atoms with Crippen molar-refractivity contribution in [3.63, 3.8) is 0 Å². The first-order chi connectivity index (χ1) is 19.6. The third kappa shape index (κ3) is 4.97. The Morgan fingerprint density at radius 1 is 0.500 bits per heavy atom. The molecule has 0 radical (unpaired) electrons. The predicted octanol–water partition coefficient (Wildman–Crippen LogP) is 10.3. The van der Waals surface area contributed by atoms with E-state index in [4.69, 9.17) is 0 Å². The molecule has 196 valence electrons. The highest BCUT2D eigenvalue weighted by Gasteiger charge is 2.37. The molecule has 1 aliphatic carbocycles. The summed E-state index contributed by atoms with van der Waals surface area (Å²) in [6.45, 7) is 4.31. The molecule has 0 spiro atoms. The minimum atomic E-state index is -0.372. The van der Waals surface area contributed by atoms with Crippen molar-refractivity contribution >= 4 is 28.4 Å². The summed E-state index contributed by atoms with van der Waals surface area (Å²) in [6.07, 6.45) is 9.84. The maximum Gasteiger partial charge on any atom is 0.0923 e. The maximum atomic E-state index is 2.49. The lowest BCUT2D eigenvalue weighted by Crippen LogP contribution is -2.42. The van der Waals surface area contributed by atoms with Gasteiger partial charge in [-0.25, -0.2) is 0 Å². The van der Waals surface area contributed by atoms with Crippen molar-refractivity contribution in [2.75, 3.05) is 9.80 Å². The van der Waals surface area contributed by atoms with Crippen LogP contribution in [0.4, 0.5) is 28.4 Å². The van der Waals surface area contributed by atoms with Gasteiger partial charge in [-0.1, -0.05) is 97.1 Å². The Balaban J connectivity index is 1.49. The molecule has 0 aromatic heterocycles.